The fraction of sp³-hybridized carbons (Fsp3) is 0.391. The first kappa shape index (κ1) is 25.4. The molecule has 5 rings (SSSR count). The molecule has 1 fully saturated rings. The van der Waals surface area contributed by atoms with Crippen LogP contribution in [0.1, 0.15) is 19.5 Å². The van der Waals surface area contributed by atoms with Crippen molar-refractivity contribution in [3.05, 3.63) is 41.5 Å². The summed E-state index contributed by atoms with van der Waals surface area (Å²) in [5.41, 5.74) is 6.44. The van der Waals surface area contributed by atoms with Gasteiger partial charge >= 0.3 is 0 Å². The lowest BCUT2D eigenvalue weighted by molar-refractivity contribution is -0.689. The van der Waals surface area contributed by atoms with E-state index >= 15 is 0 Å². The van der Waals surface area contributed by atoms with E-state index in [9.17, 15) is 19.5 Å². The van der Waals surface area contributed by atoms with E-state index in [4.69, 9.17) is 19.8 Å². The summed E-state index contributed by atoms with van der Waals surface area (Å²) in [6.07, 6.45) is 3.45. The molecule has 3 atom stereocenters. The fourth-order valence-corrected chi connectivity index (χ4v) is 5.70. The van der Waals surface area contributed by atoms with Gasteiger partial charge in [0.05, 0.1) is 17.4 Å². The lowest BCUT2D eigenvalue weighted by Crippen LogP contribution is -2.71. The number of rotatable bonds is 8. The topological polar surface area (TPSA) is 188 Å². The number of nitrogens with one attached hydrogen (secondary N) is 2. The number of aromatic nitrogens is 2. The number of aliphatic carboxylic acids is 1. The number of carboxylic acid groups (broad SMARTS) is 1. The molecule has 4 N–H and O–H groups in total. The maximum absolute atomic E-state index is 13.0. The SMILES string of the molecule is CON=C(C(=O)NC1C(=O)N2C(C(=O)[O-])=C(C[n+]3ccc4c(c3)OC(C(C)C)N4)CS[C@H]12)c1cc(N)on1. The van der Waals surface area contributed by atoms with Gasteiger partial charge in [0, 0.05) is 29.4 Å². The van der Waals surface area contributed by atoms with Gasteiger partial charge in [0.25, 0.3) is 11.8 Å². The van der Waals surface area contributed by atoms with Crippen molar-refractivity contribution >= 4 is 46.8 Å². The number of carboxylic acids is 1. The number of nitrogens with zero attached hydrogens (tertiary/aromatic N) is 4. The van der Waals surface area contributed by atoms with E-state index in [1.165, 1.54) is 24.9 Å². The lowest BCUT2D eigenvalue weighted by atomic mass is 10.0. The molecule has 5 heterocycles. The molecule has 200 valence electrons. The highest BCUT2D eigenvalue weighted by atomic mass is 32.2. The predicted molar refractivity (Wildman–Crippen MR) is 131 cm³/mol. The van der Waals surface area contributed by atoms with Crippen molar-refractivity contribution in [3.63, 3.8) is 0 Å². The van der Waals surface area contributed by atoms with E-state index in [0.29, 0.717) is 17.1 Å². The minimum atomic E-state index is -1.47. The summed E-state index contributed by atoms with van der Waals surface area (Å²) in [4.78, 5) is 43.9. The Morgan fingerprint density at radius 1 is 1.47 bits per heavy atom. The molecule has 0 saturated carbocycles. The second-order valence-electron chi connectivity index (χ2n) is 9.16. The zero-order valence-corrected chi connectivity index (χ0v) is 21.5. The zero-order valence-electron chi connectivity index (χ0n) is 20.7. The van der Waals surface area contributed by atoms with Gasteiger partial charge in [0.15, 0.2) is 24.7 Å². The summed E-state index contributed by atoms with van der Waals surface area (Å²) in [7, 11) is 1.24. The highest BCUT2D eigenvalue weighted by Crippen LogP contribution is 2.40. The van der Waals surface area contributed by atoms with E-state index in [1.54, 1.807) is 10.8 Å². The summed E-state index contributed by atoms with van der Waals surface area (Å²) < 4.78 is 12.5. The number of anilines is 2. The molecule has 2 aromatic heterocycles. The number of nitrogen functional groups attached to an aromatic ring is 1. The number of hydrogen-bond donors (Lipinski definition) is 3. The number of carbonyl (C=O) groups excluding carboxylic acids is 3. The number of amides is 2. The number of β-lactam (4-membered cyclic amide) rings is 1. The second kappa shape index (κ2) is 9.89. The van der Waals surface area contributed by atoms with Crippen molar-refractivity contribution in [3.8, 4) is 5.75 Å². The molecular weight excluding hydrogens is 518 g/mol. The Morgan fingerprint density at radius 2 is 2.26 bits per heavy atom. The van der Waals surface area contributed by atoms with E-state index in [2.05, 4.69) is 20.9 Å². The third kappa shape index (κ3) is 4.49. The van der Waals surface area contributed by atoms with Gasteiger partial charge in [-0.3, -0.25) is 14.5 Å². The van der Waals surface area contributed by atoms with Crippen LogP contribution in [0.15, 0.2) is 45.5 Å². The Bertz CT molecular complexity index is 1370. The van der Waals surface area contributed by atoms with E-state index in [0.717, 1.165) is 10.6 Å². The van der Waals surface area contributed by atoms with Crippen LogP contribution in [0, 0.1) is 5.92 Å². The van der Waals surface area contributed by atoms with Crippen LogP contribution in [0.5, 0.6) is 5.75 Å². The maximum Gasteiger partial charge on any atom is 0.276 e. The minimum Gasteiger partial charge on any atom is -0.543 e. The quantitative estimate of drug-likeness (QED) is 0.157. The number of nitrogens with two attached hydrogens (primary N) is 1. The number of thioether (sulfide) groups is 1. The summed E-state index contributed by atoms with van der Waals surface area (Å²) in [6, 6.07) is 2.15. The average molecular weight is 544 g/mol. The van der Waals surface area contributed by atoms with Crippen molar-refractivity contribution in [2.45, 2.75) is 38.0 Å². The smallest absolute Gasteiger partial charge is 0.276 e. The minimum absolute atomic E-state index is 0.0182. The van der Waals surface area contributed by atoms with Gasteiger partial charge < -0.3 is 40.4 Å². The van der Waals surface area contributed by atoms with Crippen LogP contribution in [0.25, 0.3) is 0 Å². The molecular formula is C23H25N7O7S. The zero-order chi connectivity index (χ0) is 27.1. The standard InChI is InChI=1S/C23H25N7O7S/c1-10(2)20-25-12-4-5-29(8-14(12)36-20)7-11-9-38-22-17(21(32)30(22)18(11)23(33)34)26-19(31)16(28-35-3)13-6-15(24)37-27-13/h4-6,8,10,17,20,22H,7,9H2,1-3H3,(H4,24,26,27,31,33,34)/t17?,20?,22-/m1/s1. The second-order valence-corrected chi connectivity index (χ2v) is 10.3. The van der Waals surface area contributed by atoms with Crippen LogP contribution in [0.3, 0.4) is 0 Å². The molecule has 1 saturated heterocycles. The van der Waals surface area contributed by atoms with Gasteiger partial charge in [-0.25, -0.2) is 0 Å². The molecule has 2 unspecified atom stereocenters. The third-order valence-corrected chi connectivity index (χ3v) is 7.55. The van der Waals surface area contributed by atoms with Gasteiger partial charge in [0.2, 0.25) is 17.8 Å². The fourth-order valence-electron chi connectivity index (χ4n) is 4.37. The first-order valence-electron chi connectivity index (χ1n) is 11.7. The first-order chi connectivity index (χ1) is 18.2. The Hall–Kier alpha value is -4.27. The van der Waals surface area contributed by atoms with Gasteiger partial charge in [-0.1, -0.05) is 24.2 Å². The summed E-state index contributed by atoms with van der Waals surface area (Å²) in [5, 5.41) is 24.7. The van der Waals surface area contributed by atoms with Crippen molar-refractivity contribution < 1.29 is 38.2 Å². The summed E-state index contributed by atoms with van der Waals surface area (Å²) in [6.45, 7) is 4.30. The number of pyridine rings is 1. The van der Waals surface area contributed by atoms with E-state index in [-0.39, 0.29) is 41.7 Å². The molecule has 38 heavy (non-hydrogen) atoms. The number of carbonyl (C=O) groups is 3. The Labute approximate surface area is 220 Å². The van der Waals surface area contributed by atoms with E-state index < -0.39 is 29.2 Å². The van der Waals surface area contributed by atoms with Crippen molar-refractivity contribution in [2.75, 3.05) is 23.9 Å². The van der Waals surface area contributed by atoms with Crippen LogP contribution in [-0.4, -0.2) is 64.1 Å². The predicted octanol–water partition coefficient (Wildman–Crippen LogP) is -1.21. The number of hydrogen-bond acceptors (Lipinski definition) is 12. The van der Waals surface area contributed by atoms with Crippen molar-refractivity contribution in [1.82, 2.24) is 15.4 Å². The molecule has 2 amide bonds. The van der Waals surface area contributed by atoms with Crippen LogP contribution in [0.4, 0.5) is 11.6 Å². The van der Waals surface area contributed by atoms with Crippen LogP contribution < -0.4 is 30.8 Å². The normalized spacial score (nSPS) is 22.3. The van der Waals surface area contributed by atoms with Gasteiger partial charge in [-0.15, -0.1) is 11.8 Å². The van der Waals surface area contributed by atoms with Crippen LogP contribution >= 0.6 is 11.8 Å². The Balaban J connectivity index is 1.32. The third-order valence-electron chi connectivity index (χ3n) is 6.21. The number of fused-ring (bicyclic) bond motifs is 2. The highest BCUT2D eigenvalue weighted by Gasteiger charge is 2.53. The summed E-state index contributed by atoms with van der Waals surface area (Å²) >= 11 is 1.33. The molecule has 0 aliphatic carbocycles. The monoisotopic (exact) mass is 543 g/mol. The van der Waals surface area contributed by atoms with Crippen molar-refractivity contribution in [1.29, 1.82) is 0 Å². The highest BCUT2D eigenvalue weighted by molar-refractivity contribution is 8.00. The number of ether oxygens (including phenoxy) is 1. The van der Waals surface area contributed by atoms with Gasteiger partial charge in [-0.2, -0.15) is 4.57 Å². The number of oxime groups is 1. The molecule has 2 aromatic rings. The average Bonchev–Trinajstić information content (AvgIpc) is 3.51. The molecule has 3 aliphatic heterocycles. The molecule has 3 aliphatic rings. The van der Waals surface area contributed by atoms with Gasteiger partial charge in [-0.05, 0) is 0 Å². The van der Waals surface area contributed by atoms with Crippen molar-refractivity contribution in [2.24, 2.45) is 11.1 Å². The van der Waals surface area contributed by atoms with Gasteiger partial charge in [0.1, 0.15) is 24.2 Å². The lowest BCUT2D eigenvalue weighted by Gasteiger charge is -2.50. The van der Waals surface area contributed by atoms with Crippen LogP contribution in [0.2, 0.25) is 0 Å². The first-order valence-corrected chi connectivity index (χ1v) is 12.7. The maximum atomic E-state index is 13.0. The van der Waals surface area contributed by atoms with E-state index in [1.807, 2.05) is 26.1 Å². The molecule has 15 heteroatoms. The molecule has 14 nitrogen and oxygen atoms in total. The molecule has 0 radical (unpaired) electrons. The van der Waals surface area contributed by atoms with Crippen LogP contribution in [-0.2, 0) is 25.8 Å². The Kier molecular flexibility index (Phi) is 6.60. The Morgan fingerprint density at radius 3 is 2.92 bits per heavy atom. The molecule has 0 bridgehead atoms. The molecule has 0 aromatic carbocycles. The molecule has 0 spiro atoms. The summed E-state index contributed by atoms with van der Waals surface area (Å²) in [5.74, 6) is -1.63. The largest absolute Gasteiger partial charge is 0.543 e.